The largest absolute Gasteiger partial charge is 0.374 e. The predicted octanol–water partition coefficient (Wildman–Crippen LogP) is 1.97. The Bertz CT molecular complexity index is 1100. The molecule has 3 amide bonds. The lowest BCUT2D eigenvalue weighted by molar-refractivity contribution is -0.147. The Morgan fingerprint density at radius 2 is 1.73 bits per heavy atom. The number of hydrogen-bond acceptors (Lipinski definition) is 5. The number of amides is 3. The van der Waals surface area contributed by atoms with Crippen molar-refractivity contribution in [2.45, 2.75) is 44.9 Å². The summed E-state index contributed by atoms with van der Waals surface area (Å²) >= 11 is 0. The molecule has 2 fully saturated rings. The van der Waals surface area contributed by atoms with Gasteiger partial charge in [-0.3, -0.25) is 14.4 Å². The van der Waals surface area contributed by atoms with Gasteiger partial charge in [0.1, 0.15) is 6.04 Å². The van der Waals surface area contributed by atoms with Crippen molar-refractivity contribution in [1.29, 1.82) is 0 Å². The van der Waals surface area contributed by atoms with Crippen molar-refractivity contribution in [3.63, 3.8) is 0 Å². The Morgan fingerprint density at radius 1 is 1.11 bits per heavy atom. The van der Waals surface area contributed by atoms with Crippen molar-refractivity contribution in [2.24, 2.45) is 17.1 Å². The van der Waals surface area contributed by atoms with E-state index in [4.69, 9.17) is 10.5 Å². The molecule has 8 nitrogen and oxygen atoms in total. The van der Waals surface area contributed by atoms with Gasteiger partial charge in [0.05, 0.1) is 24.2 Å². The highest BCUT2D eigenvalue weighted by atomic mass is 16.5. The third-order valence-electron chi connectivity index (χ3n) is 7.53. The minimum atomic E-state index is -1.15. The maximum Gasteiger partial charge on any atom is 0.247 e. The van der Waals surface area contributed by atoms with Crippen LogP contribution >= 0.6 is 0 Å². The summed E-state index contributed by atoms with van der Waals surface area (Å²) in [5.74, 6) is -0.443. The zero-order chi connectivity index (χ0) is 26.6. The summed E-state index contributed by atoms with van der Waals surface area (Å²) in [4.78, 5) is 43.6. The molecule has 2 aliphatic heterocycles. The lowest BCUT2D eigenvalue weighted by Gasteiger charge is -2.44. The van der Waals surface area contributed by atoms with E-state index in [-0.39, 0.29) is 24.3 Å². The molecule has 2 aromatic carbocycles. The number of likely N-dealkylation sites (tertiary alicyclic amines) is 2. The van der Waals surface area contributed by atoms with Crippen molar-refractivity contribution >= 4 is 17.7 Å². The van der Waals surface area contributed by atoms with Crippen LogP contribution in [0.4, 0.5) is 0 Å². The molecule has 0 saturated carbocycles. The summed E-state index contributed by atoms with van der Waals surface area (Å²) in [7, 11) is 1.84. The predicted molar refractivity (Wildman–Crippen MR) is 141 cm³/mol. The fraction of sp³-hybridized carbons (Fsp3) is 0.483. The van der Waals surface area contributed by atoms with Crippen LogP contribution in [0.5, 0.6) is 0 Å². The minimum absolute atomic E-state index is 0.00894. The highest BCUT2D eigenvalue weighted by molar-refractivity contribution is 5.92. The molecule has 0 aliphatic carbocycles. The molecule has 2 saturated heterocycles. The molecule has 4 rings (SSSR count). The van der Waals surface area contributed by atoms with Crippen LogP contribution < -0.4 is 11.1 Å². The zero-order valence-corrected chi connectivity index (χ0v) is 22.0. The van der Waals surface area contributed by atoms with E-state index in [1.165, 1.54) is 0 Å². The molecule has 2 heterocycles. The Labute approximate surface area is 219 Å². The number of carbonyl (C=O) groups is 3. The number of ether oxygens (including phenoxy) is 1. The standard InChI is InChI=1S/C29H38N4O4/c1-28(2,30)26(35)31-24(19-37-18-22-12-8-5-9-13-22)25(34)33-15-14-23-17-32(3)27(36)29(23,20-33)16-21-10-6-4-7-11-21/h4-13,23-24H,14-20,30H2,1-3H3,(H,31,35)/t23?,24-,29-/m1/s1. The van der Waals surface area contributed by atoms with E-state index in [0.29, 0.717) is 32.7 Å². The van der Waals surface area contributed by atoms with E-state index in [0.717, 1.165) is 17.5 Å². The highest BCUT2D eigenvalue weighted by Gasteiger charge is 2.56. The van der Waals surface area contributed by atoms with Crippen LogP contribution in [-0.2, 0) is 32.1 Å². The molecule has 198 valence electrons. The first kappa shape index (κ1) is 26.8. The molecule has 37 heavy (non-hydrogen) atoms. The first-order valence-corrected chi connectivity index (χ1v) is 12.9. The molecular formula is C29H38N4O4. The Balaban J connectivity index is 1.53. The molecule has 3 N–H and O–H groups in total. The van der Waals surface area contributed by atoms with E-state index < -0.39 is 22.9 Å². The van der Waals surface area contributed by atoms with Gasteiger partial charge in [-0.15, -0.1) is 0 Å². The SMILES string of the molecule is CN1CC2CCN(C(=O)[C@@H](COCc3ccccc3)NC(=O)C(C)(C)N)C[C@@]2(Cc2ccccc2)C1=O. The fourth-order valence-electron chi connectivity index (χ4n) is 5.47. The maximum absolute atomic E-state index is 13.8. The van der Waals surface area contributed by atoms with Crippen molar-refractivity contribution in [3.8, 4) is 0 Å². The number of nitrogens with two attached hydrogens (primary N) is 1. The van der Waals surface area contributed by atoms with Crippen LogP contribution in [0.3, 0.4) is 0 Å². The average molecular weight is 507 g/mol. The Morgan fingerprint density at radius 3 is 2.35 bits per heavy atom. The van der Waals surface area contributed by atoms with E-state index in [1.54, 1.807) is 23.6 Å². The number of benzene rings is 2. The molecule has 2 aromatic rings. The molecule has 2 aliphatic rings. The Hall–Kier alpha value is -3.23. The molecule has 3 atom stereocenters. The van der Waals surface area contributed by atoms with Gasteiger partial charge in [0.25, 0.3) is 0 Å². The van der Waals surface area contributed by atoms with Crippen LogP contribution in [-0.4, -0.2) is 72.4 Å². The number of hydrogen-bond donors (Lipinski definition) is 2. The number of piperidine rings is 1. The first-order valence-electron chi connectivity index (χ1n) is 12.9. The van der Waals surface area contributed by atoms with Crippen molar-refractivity contribution in [1.82, 2.24) is 15.1 Å². The molecule has 0 spiro atoms. The molecule has 8 heteroatoms. The van der Waals surface area contributed by atoms with Gasteiger partial charge >= 0.3 is 0 Å². The normalized spacial score (nSPS) is 22.5. The van der Waals surface area contributed by atoms with E-state index in [1.807, 2.05) is 67.7 Å². The summed E-state index contributed by atoms with van der Waals surface area (Å²) in [6.45, 7) is 5.05. The second-order valence-electron chi connectivity index (χ2n) is 11.0. The van der Waals surface area contributed by atoms with Crippen molar-refractivity contribution < 1.29 is 19.1 Å². The van der Waals surface area contributed by atoms with Gasteiger partial charge in [0.15, 0.2) is 0 Å². The lowest BCUT2D eigenvalue weighted by atomic mass is 9.69. The number of nitrogens with one attached hydrogen (secondary N) is 1. The van der Waals surface area contributed by atoms with Crippen LogP contribution in [0.2, 0.25) is 0 Å². The summed E-state index contributed by atoms with van der Waals surface area (Å²) in [5, 5.41) is 2.81. The van der Waals surface area contributed by atoms with E-state index in [2.05, 4.69) is 5.32 Å². The maximum atomic E-state index is 13.8. The molecule has 0 radical (unpaired) electrons. The van der Waals surface area contributed by atoms with Crippen LogP contribution in [0, 0.1) is 11.3 Å². The second kappa shape index (κ2) is 11.0. The second-order valence-corrected chi connectivity index (χ2v) is 11.0. The lowest BCUT2D eigenvalue weighted by Crippen LogP contribution is -2.61. The topological polar surface area (TPSA) is 105 Å². The molecule has 0 aromatic heterocycles. The number of carbonyl (C=O) groups excluding carboxylic acids is 3. The summed E-state index contributed by atoms with van der Waals surface area (Å²) in [6, 6.07) is 18.7. The summed E-state index contributed by atoms with van der Waals surface area (Å²) in [6.07, 6.45) is 1.30. The van der Waals surface area contributed by atoms with Crippen LogP contribution in [0.25, 0.3) is 0 Å². The Kier molecular flexibility index (Phi) is 7.99. The number of fused-ring (bicyclic) bond motifs is 1. The quantitative estimate of drug-likeness (QED) is 0.541. The summed E-state index contributed by atoms with van der Waals surface area (Å²) in [5.41, 5.74) is 6.22. The zero-order valence-electron chi connectivity index (χ0n) is 22.0. The van der Waals surface area contributed by atoms with Gasteiger partial charge in [0.2, 0.25) is 17.7 Å². The van der Waals surface area contributed by atoms with E-state index >= 15 is 0 Å². The molecule has 0 bridgehead atoms. The van der Waals surface area contributed by atoms with Gasteiger partial charge < -0.3 is 25.6 Å². The van der Waals surface area contributed by atoms with Crippen molar-refractivity contribution in [2.75, 3.05) is 33.3 Å². The number of nitrogens with zero attached hydrogens (tertiary/aromatic N) is 2. The average Bonchev–Trinajstić information content (AvgIpc) is 3.12. The highest BCUT2D eigenvalue weighted by Crippen LogP contribution is 2.45. The monoisotopic (exact) mass is 506 g/mol. The number of rotatable bonds is 9. The van der Waals surface area contributed by atoms with Gasteiger partial charge in [-0.05, 0) is 43.7 Å². The fourth-order valence-corrected chi connectivity index (χ4v) is 5.47. The van der Waals surface area contributed by atoms with Gasteiger partial charge in [-0.1, -0.05) is 60.7 Å². The molecular weight excluding hydrogens is 468 g/mol. The minimum Gasteiger partial charge on any atom is -0.374 e. The van der Waals surface area contributed by atoms with Crippen molar-refractivity contribution in [3.05, 3.63) is 71.8 Å². The van der Waals surface area contributed by atoms with Crippen LogP contribution in [0.15, 0.2) is 60.7 Å². The molecule has 1 unspecified atom stereocenters. The van der Waals surface area contributed by atoms with E-state index in [9.17, 15) is 14.4 Å². The third-order valence-corrected chi connectivity index (χ3v) is 7.53. The van der Waals surface area contributed by atoms with Crippen LogP contribution in [0.1, 0.15) is 31.4 Å². The van der Waals surface area contributed by atoms with Gasteiger partial charge in [-0.2, -0.15) is 0 Å². The first-order chi connectivity index (χ1) is 17.6. The van der Waals surface area contributed by atoms with Gasteiger partial charge in [-0.25, -0.2) is 0 Å². The third kappa shape index (κ3) is 6.02. The van der Waals surface area contributed by atoms with Gasteiger partial charge in [0, 0.05) is 26.7 Å². The smallest absolute Gasteiger partial charge is 0.247 e. The summed E-state index contributed by atoms with van der Waals surface area (Å²) < 4.78 is 5.87.